The average molecular weight is 491 g/mol. The van der Waals surface area contributed by atoms with Crippen molar-refractivity contribution in [3.63, 3.8) is 0 Å². The number of alkyl carbamates (subject to hydrolysis) is 1. The van der Waals surface area contributed by atoms with Gasteiger partial charge in [-0.1, -0.05) is 12.1 Å². The van der Waals surface area contributed by atoms with Crippen molar-refractivity contribution in [1.82, 2.24) is 16.0 Å². The lowest BCUT2D eigenvalue weighted by Gasteiger charge is -2.20. The highest BCUT2D eigenvalue weighted by Gasteiger charge is 2.15. The van der Waals surface area contributed by atoms with Crippen LogP contribution in [0.25, 0.3) is 0 Å². The second-order valence-electron chi connectivity index (χ2n) is 7.11. The number of carbonyl (C=O) groups is 1. The number of rotatable bonds is 7. The third-order valence-corrected chi connectivity index (χ3v) is 3.30. The molecule has 3 N–H and O–H groups in total. The van der Waals surface area contributed by atoms with Gasteiger partial charge in [0.1, 0.15) is 5.60 Å². The lowest BCUT2D eigenvalue weighted by atomic mass is 10.2. The Hall–Kier alpha value is -1.71. The van der Waals surface area contributed by atoms with Gasteiger partial charge in [0.2, 0.25) is 0 Å². The first-order valence-corrected chi connectivity index (χ1v) is 8.96. The van der Waals surface area contributed by atoms with Gasteiger partial charge in [-0.3, -0.25) is 0 Å². The van der Waals surface area contributed by atoms with Gasteiger partial charge < -0.3 is 25.6 Å². The number of nitrogens with zero attached hydrogens (tertiary/aromatic N) is 2. The number of amides is 1. The van der Waals surface area contributed by atoms with Crippen molar-refractivity contribution in [2.24, 2.45) is 4.99 Å². The van der Waals surface area contributed by atoms with E-state index in [1.54, 1.807) is 0 Å². The van der Waals surface area contributed by atoms with Crippen molar-refractivity contribution >= 4 is 41.7 Å². The molecule has 0 spiro atoms. The van der Waals surface area contributed by atoms with E-state index in [-0.39, 0.29) is 24.0 Å². The summed E-state index contributed by atoms with van der Waals surface area (Å²) in [4.78, 5) is 18.2. The maximum absolute atomic E-state index is 11.6. The molecule has 0 aliphatic carbocycles. The zero-order valence-corrected chi connectivity index (χ0v) is 19.6. The third kappa shape index (κ3) is 11.6. The van der Waals surface area contributed by atoms with Crippen LogP contribution in [-0.4, -0.2) is 51.4 Å². The van der Waals surface area contributed by atoms with Crippen LogP contribution in [-0.2, 0) is 11.3 Å². The van der Waals surface area contributed by atoms with Gasteiger partial charge in [0.25, 0.3) is 0 Å². The van der Waals surface area contributed by atoms with Crippen molar-refractivity contribution in [2.45, 2.75) is 39.8 Å². The number of halogens is 1. The molecule has 27 heavy (non-hydrogen) atoms. The predicted octanol–water partition coefficient (Wildman–Crippen LogP) is 2.95. The van der Waals surface area contributed by atoms with Gasteiger partial charge >= 0.3 is 6.09 Å². The Morgan fingerprint density at radius 2 is 1.67 bits per heavy atom. The first-order valence-electron chi connectivity index (χ1n) is 8.96. The summed E-state index contributed by atoms with van der Waals surface area (Å²) in [7, 11) is 4.04. The average Bonchev–Trinajstić information content (AvgIpc) is 2.55. The molecule has 1 amide bonds. The summed E-state index contributed by atoms with van der Waals surface area (Å²) < 4.78 is 5.20. The molecular weight excluding hydrogens is 457 g/mol. The van der Waals surface area contributed by atoms with E-state index in [1.165, 1.54) is 0 Å². The standard InChI is InChI=1S/C19H33N5O2.HI/c1-7-20-17(21-12-13-22-18(25)26-19(2,3)4)23-14-15-8-10-16(11-9-15)24(5)6;/h8-11H,7,12-14H2,1-6H3,(H,22,25)(H2,20,21,23);1H. The van der Waals surface area contributed by atoms with Crippen LogP contribution in [0.4, 0.5) is 10.5 Å². The van der Waals surface area contributed by atoms with Crippen LogP contribution in [0, 0.1) is 0 Å². The second kappa shape index (κ2) is 12.6. The van der Waals surface area contributed by atoms with Crippen molar-refractivity contribution in [2.75, 3.05) is 38.6 Å². The fourth-order valence-corrected chi connectivity index (χ4v) is 2.07. The minimum atomic E-state index is -0.490. The van der Waals surface area contributed by atoms with Gasteiger partial charge in [0, 0.05) is 39.4 Å². The monoisotopic (exact) mass is 491 g/mol. The van der Waals surface area contributed by atoms with Crippen LogP contribution in [0.5, 0.6) is 0 Å². The van der Waals surface area contributed by atoms with Gasteiger partial charge in [-0.05, 0) is 45.4 Å². The van der Waals surface area contributed by atoms with Gasteiger partial charge in [-0.15, -0.1) is 24.0 Å². The molecule has 8 heteroatoms. The Bertz CT molecular complexity index is 583. The SMILES string of the molecule is CCNC(=NCc1ccc(N(C)C)cc1)NCCNC(=O)OC(C)(C)C.I. The van der Waals surface area contributed by atoms with E-state index in [0.29, 0.717) is 19.6 Å². The number of nitrogens with one attached hydrogen (secondary N) is 3. The van der Waals surface area contributed by atoms with E-state index in [1.807, 2.05) is 41.8 Å². The summed E-state index contributed by atoms with van der Waals surface area (Å²) in [5.41, 5.74) is 1.81. The zero-order valence-electron chi connectivity index (χ0n) is 17.3. The molecule has 0 aliphatic rings. The molecule has 1 rings (SSSR count). The van der Waals surface area contributed by atoms with E-state index < -0.39 is 11.7 Å². The minimum Gasteiger partial charge on any atom is -0.444 e. The van der Waals surface area contributed by atoms with Crippen LogP contribution in [0.3, 0.4) is 0 Å². The van der Waals surface area contributed by atoms with Crippen LogP contribution in [0.15, 0.2) is 29.3 Å². The van der Waals surface area contributed by atoms with Gasteiger partial charge in [-0.25, -0.2) is 9.79 Å². The van der Waals surface area contributed by atoms with Gasteiger partial charge in [0.15, 0.2) is 5.96 Å². The summed E-state index contributed by atoms with van der Waals surface area (Å²) >= 11 is 0. The van der Waals surface area contributed by atoms with Crippen LogP contribution in [0.1, 0.15) is 33.3 Å². The molecule has 0 fully saturated rings. The van der Waals surface area contributed by atoms with Crippen LogP contribution >= 0.6 is 24.0 Å². The summed E-state index contributed by atoms with van der Waals surface area (Å²) in [5.74, 6) is 0.718. The summed E-state index contributed by atoms with van der Waals surface area (Å²) in [6.45, 7) is 9.90. The molecule has 0 aliphatic heterocycles. The summed E-state index contributed by atoms with van der Waals surface area (Å²) in [6, 6.07) is 8.31. The molecule has 0 aromatic heterocycles. The molecule has 1 aromatic carbocycles. The lowest BCUT2D eigenvalue weighted by molar-refractivity contribution is 0.0529. The molecule has 0 atom stereocenters. The van der Waals surface area contributed by atoms with Crippen molar-refractivity contribution in [3.8, 4) is 0 Å². The van der Waals surface area contributed by atoms with Crippen molar-refractivity contribution in [1.29, 1.82) is 0 Å². The number of ether oxygens (including phenoxy) is 1. The molecule has 1 aromatic rings. The predicted molar refractivity (Wildman–Crippen MR) is 123 cm³/mol. The molecule has 0 saturated carbocycles. The van der Waals surface area contributed by atoms with E-state index in [0.717, 1.165) is 23.8 Å². The fourth-order valence-electron chi connectivity index (χ4n) is 2.07. The van der Waals surface area contributed by atoms with Crippen molar-refractivity contribution in [3.05, 3.63) is 29.8 Å². The number of guanidine groups is 1. The Morgan fingerprint density at radius 1 is 1.07 bits per heavy atom. The molecular formula is C19H34IN5O2. The second-order valence-corrected chi connectivity index (χ2v) is 7.11. The molecule has 0 heterocycles. The molecule has 0 bridgehead atoms. The molecule has 0 unspecified atom stereocenters. The summed E-state index contributed by atoms with van der Waals surface area (Å²) in [6.07, 6.45) is -0.415. The number of aliphatic imine (C=N–C) groups is 1. The number of hydrogen-bond acceptors (Lipinski definition) is 4. The Balaban J connectivity index is 0.00000676. The van der Waals surface area contributed by atoms with Gasteiger partial charge in [0.05, 0.1) is 6.54 Å². The minimum absolute atomic E-state index is 0. The quantitative estimate of drug-likeness (QED) is 0.237. The highest BCUT2D eigenvalue weighted by atomic mass is 127. The first kappa shape index (κ1) is 25.3. The van der Waals surface area contributed by atoms with Crippen LogP contribution in [0.2, 0.25) is 0 Å². The van der Waals surface area contributed by atoms with Crippen LogP contribution < -0.4 is 20.9 Å². The zero-order chi connectivity index (χ0) is 19.6. The highest BCUT2D eigenvalue weighted by Crippen LogP contribution is 2.12. The normalized spacial score (nSPS) is 11.3. The Labute approximate surface area is 180 Å². The number of benzene rings is 1. The van der Waals surface area contributed by atoms with Gasteiger partial charge in [-0.2, -0.15) is 0 Å². The van der Waals surface area contributed by atoms with E-state index in [9.17, 15) is 4.79 Å². The Morgan fingerprint density at radius 3 is 2.19 bits per heavy atom. The summed E-state index contributed by atoms with van der Waals surface area (Å²) in [5, 5.41) is 9.11. The lowest BCUT2D eigenvalue weighted by Crippen LogP contribution is -2.42. The Kier molecular flexibility index (Phi) is 11.8. The maximum atomic E-state index is 11.6. The molecule has 0 radical (unpaired) electrons. The fraction of sp³-hybridized carbons (Fsp3) is 0.579. The topological polar surface area (TPSA) is 78.0 Å². The van der Waals surface area contributed by atoms with Crippen molar-refractivity contribution < 1.29 is 9.53 Å². The molecule has 0 saturated heterocycles. The largest absolute Gasteiger partial charge is 0.444 e. The first-order chi connectivity index (χ1) is 12.2. The van der Waals surface area contributed by atoms with E-state index in [2.05, 4.69) is 50.1 Å². The maximum Gasteiger partial charge on any atom is 0.407 e. The molecule has 7 nitrogen and oxygen atoms in total. The number of hydrogen-bond donors (Lipinski definition) is 3. The molecule has 154 valence electrons. The smallest absolute Gasteiger partial charge is 0.407 e. The number of anilines is 1. The highest BCUT2D eigenvalue weighted by molar-refractivity contribution is 14.0. The number of carbonyl (C=O) groups excluding carboxylic acids is 1. The third-order valence-electron chi connectivity index (χ3n) is 3.30. The van der Waals surface area contributed by atoms with E-state index >= 15 is 0 Å². The van der Waals surface area contributed by atoms with E-state index in [4.69, 9.17) is 4.74 Å².